The molecule has 1 aliphatic rings. The normalized spacial score (nSPS) is 24.5. The lowest BCUT2D eigenvalue weighted by molar-refractivity contribution is -0.281. The summed E-state index contributed by atoms with van der Waals surface area (Å²) in [5.74, 6) is -0.516. The number of benzene rings is 1. The van der Waals surface area contributed by atoms with Crippen molar-refractivity contribution in [3.05, 3.63) is 35.1 Å². The summed E-state index contributed by atoms with van der Waals surface area (Å²) in [5.41, 5.74) is -1.86. The Kier molecular flexibility index (Phi) is 2.89. The van der Waals surface area contributed by atoms with E-state index in [1.807, 2.05) is 0 Å². The molecule has 0 N–H and O–H groups in total. The van der Waals surface area contributed by atoms with Crippen LogP contribution in [0.25, 0.3) is 0 Å². The molecule has 0 aliphatic heterocycles. The minimum absolute atomic E-state index is 0.0418. The number of aryl methyl sites for hydroxylation is 1. The average Bonchev–Trinajstić information content (AvgIpc) is 2.26. The van der Waals surface area contributed by atoms with Crippen molar-refractivity contribution in [2.45, 2.75) is 31.0 Å². The van der Waals surface area contributed by atoms with Gasteiger partial charge in [-0.25, -0.2) is 4.39 Å². The van der Waals surface area contributed by atoms with Crippen LogP contribution in [0.5, 0.6) is 0 Å². The third-order valence-electron chi connectivity index (χ3n) is 3.28. The Labute approximate surface area is 96.4 Å². The van der Waals surface area contributed by atoms with Gasteiger partial charge in [-0.1, -0.05) is 6.07 Å². The van der Waals surface area contributed by atoms with Gasteiger partial charge >= 0.3 is 6.18 Å². The monoisotopic (exact) mass is 248 g/mol. The molecule has 2 rings (SSSR count). The van der Waals surface area contributed by atoms with E-state index in [-0.39, 0.29) is 12.0 Å². The SMILES string of the molecule is COC1(C(F)(F)F)CCCc2cc(F)ccc21. The molecule has 0 fully saturated rings. The zero-order valence-electron chi connectivity index (χ0n) is 9.27. The van der Waals surface area contributed by atoms with Crippen molar-refractivity contribution in [2.24, 2.45) is 0 Å². The van der Waals surface area contributed by atoms with E-state index in [4.69, 9.17) is 4.74 Å². The lowest BCUT2D eigenvalue weighted by Crippen LogP contribution is -2.46. The summed E-state index contributed by atoms with van der Waals surface area (Å²) in [7, 11) is 1.05. The lowest BCUT2D eigenvalue weighted by Gasteiger charge is -2.39. The van der Waals surface area contributed by atoms with Crippen LogP contribution in [0.1, 0.15) is 24.0 Å². The molecule has 0 bridgehead atoms. The standard InChI is InChI=1S/C12H12F4O/c1-17-11(12(14,15)16)6-2-3-8-7-9(13)4-5-10(8)11/h4-5,7H,2-3,6H2,1H3. The number of alkyl halides is 3. The number of rotatable bonds is 1. The highest BCUT2D eigenvalue weighted by atomic mass is 19.4. The van der Waals surface area contributed by atoms with E-state index >= 15 is 0 Å². The predicted octanol–water partition coefficient (Wildman–Crippen LogP) is 3.57. The Morgan fingerprint density at radius 3 is 2.59 bits per heavy atom. The van der Waals surface area contributed by atoms with Crippen molar-refractivity contribution in [3.8, 4) is 0 Å². The molecule has 0 spiro atoms. The summed E-state index contributed by atoms with van der Waals surface area (Å²) < 4.78 is 57.3. The average molecular weight is 248 g/mol. The van der Waals surface area contributed by atoms with Gasteiger partial charge in [-0.3, -0.25) is 0 Å². The zero-order valence-corrected chi connectivity index (χ0v) is 9.27. The number of fused-ring (bicyclic) bond motifs is 1. The van der Waals surface area contributed by atoms with Gasteiger partial charge in [0.15, 0.2) is 5.60 Å². The molecule has 0 aromatic heterocycles. The fraction of sp³-hybridized carbons (Fsp3) is 0.500. The van der Waals surface area contributed by atoms with Crippen LogP contribution >= 0.6 is 0 Å². The highest BCUT2D eigenvalue weighted by molar-refractivity contribution is 5.36. The maximum absolute atomic E-state index is 13.2. The Balaban J connectivity index is 2.60. The predicted molar refractivity (Wildman–Crippen MR) is 54.1 cm³/mol. The van der Waals surface area contributed by atoms with Crippen LogP contribution in [0, 0.1) is 5.82 Å². The molecule has 0 radical (unpaired) electrons. The van der Waals surface area contributed by atoms with Gasteiger partial charge in [-0.2, -0.15) is 13.2 Å². The van der Waals surface area contributed by atoms with Gasteiger partial charge < -0.3 is 4.74 Å². The molecular formula is C12H12F4O. The van der Waals surface area contributed by atoms with E-state index in [2.05, 4.69) is 0 Å². The first kappa shape index (κ1) is 12.4. The van der Waals surface area contributed by atoms with Crippen LogP contribution in [-0.2, 0) is 16.8 Å². The van der Waals surface area contributed by atoms with Crippen molar-refractivity contribution in [3.63, 3.8) is 0 Å². The summed E-state index contributed by atoms with van der Waals surface area (Å²) in [4.78, 5) is 0. The number of methoxy groups -OCH3 is 1. The molecule has 17 heavy (non-hydrogen) atoms. The fourth-order valence-electron chi connectivity index (χ4n) is 2.45. The van der Waals surface area contributed by atoms with Crippen molar-refractivity contribution in [1.82, 2.24) is 0 Å². The summed E-state index contributed by atoms with van der Waals surface area (Å²) in [5, 5.41) is 0. The van der Waals surface area contributed by atoms with Crippen molar-refractivity contribution in [2.75, 3.05) is 7.11 Å². The highest BCUT2D eigenvalue weighted by Gasteiger charge is 2.58. The molecule has 0 saturated heterocycles. The van der Waals surface area contributed by atoms with Gasteiger partial charge in [0, 0.05) is 7.11 Å². The molecule has 0 amide bonds. The number of ether oxygens (including phenoxy) is 1. The third kappa shape index (κ3) is 1.82. The minimum atomic E-state index is -4.49. The Morgan fingerprint density at radius 2 is 2.00 bits per heavy atom. The quantitative estimate of drug-likeness (QED) is 0.690. The van der Waals surface area contributed by atoms with E-state index in [0.29, 0.717) is 18.4 Å². The van der Waals surface area contributed by atoms with Crippen LogP contribution in [0.4, 0.5) is 17.6 Å². The highest BCUT2D eigenvalue weighted by Crippen LogP contribution is 2.49. The van der Waals surface area contributed by atoms with E-state index in [1.54, 1.807) is 0 Å². The summed E-state index contributed by atoms with van der Waals surface area (Å²) >= 11 is 0. The summed E-state index contributed by atoms with van der Waals surface area (Å²) in [6, 6.07) is 3.39. The maximum Gasteiger partial charge on any atom is 0.421 e. The molecule has 0 heterocycles. The topological polar surface area (TPSA) is 9.23 Å². The zero-order chi connectivity index (χ0) is 12.7. The summed E-state index contributed by atoms with van der Waals surface area (Å²) in [6.45, 7) is 0. The fourth-order valence-corrected chi connectivity index (χ4v) is 2.45. The van der Waals surface area contributed by atoms with Crippen LogP contribution in [0.15, 0.2) is 18.2 Å². The molecular weight excluding hydrogens is 236 g/mol. The first-order chi connectivity index (χ1) is 7.90. The minimum Gasteiger partial charge on any atom is -0.364 e. The third-order valence-corrected chi connectivity index (χ3v) is 3.28. The first-order valence-corrected chi connectivity index (χ1v) is 5.31. The van der Waals surface area contributed by atoms with E-state index in [1.165, 1.54) is 6.07 Å². The first-order valence-electron chi connectivity index (χ1n) is 5.31. The van der Waals surface area contributed by atoms with E-state index in [0.717, 1.165) is 19.2 Å². The number of hydrogen-bond acceptors (Lipinski definition) is 1. The van der Waals surface area contributed by atoms with Gasteiger partial charge in [-0.15, -0.1) is 0 Å². The smallest absolute Gasteiger partial charge is 0.364 e. The molecule has 1 aromatic carbocycles. The van der Waals surface area contributed by atoms with Gasteiger partial charge in [0.25, 0.3) is 0 Å². The molecule has 1 aromatic rings. The van der Waals surface area contributed by atoms with Crippen molar-refractivity contribution in [1.29, 1.82) is 0 Å². The van der Waals surface area contributed by atoms with E-state index < -0.39 is 17.6 Å². The second-order valence-electron chi connectivity index (χ2n) is 4.18. The molecule has 1 aliphatic carbocycles. The van der Waals surface area contributed by atoms with Gasteiger partial charge in [0.1, 0.15) is 5.82 Å². The van der Waals surface area contributed by atoms with Gasteiger partial charge in [-0.05, 0) is 42.5 Å². The molecule has 0 saturated carbocycles. The molecule has 1 nitrogen and oxygen atoms in total. The molecule has 5 heteroatoms. The Hall–Kier alpha value is -1.10. The summed E-state index contributed by atoms with van der Waals surface area (Å²) in [6.07, 6.45) is -3.82. The van der Waals surface area contributed by atoms with Crippen LogP contribution < -0.4 is 0 Å². The lowest BCUT2D eigenvalue weighted by atomic mass is 9.78. The number of halogens is 4. The van der Waals surface area contributed by atoms with Crippen molar-refractivity contribution >= 4 is 0 Å². The van der Waals surface area contributed by atoms with Gasteiger partial charge in [0.05, 0.1) is 0 Å². The molecule has 1 atom stereocenters. The Bertz CT molecular complexity index is 427. The second-order valence-corrected chi connectivity index (χ2v) is 4.18. The number of hydrogen-bond donors (Lipinski definition) is 0. The van der Waals surface area contributed by atoms with Crippen LogP contribution in [0.3, 0.4) is 0 Å². The second kappa shape index (κ2) is 3.98. The van der Waals surface area contributed by atoms with Crippen LogP contribution in [-0.4, -0.2) is 13.3 Å². The van der Waals surface area contributed by atoms with Crippen LogP contribution in [0.2, 0.25) is 0 Å². The van der Waals surface area contributed by atoms with Gasteiger partial charge in [0.2, 0.25) is 0 Å². The molecule has 94 valence electrons. The van der Waals surface area contributed by atoms with Crippen molar-refractivity contribution < 1.29 is 22.3 Å². The largest absolute Gasteiger partial charge is 0.421 e. The Morgan fingerprint density at radius 1 is 1.29 bits per heavy atom. The maximum atomic E-state index is 13.2. The van der Waals surface area contributed by atoms with E-state index in [9.17, 15) is 17.6 Å². The molecule has 1 unspecified atom stereocenters.